The van der Waals surface area contributed by atoms with E-state index >= 15 is 0 Å². The number of hydrogen-bond donors (Lipinski definition) is 2. The molecule has 4 nitrogen and oxygen atoms in total. The highest BCUT2D eigenvalue weighted by atomic mass is 35.5. The van der Waals surface area contributed by atoms with Crippen LogP contribution in [-0.4, -0.2) is 17.4 Å². The summed E-state index contributed by atoms with van der Waals surface area (Å²) in [6, 6.07) is 10.4. The lowest BCUT2D eigenvalue weighted by atomic mass is 9.81. The van der Waals surface area contributed by atoms with Crippen molar-refractivity contribution in [3.05, 3.63) is 63.7 Å². The SMILES string of the molecule is CCC1CCc2cc(NC(=O)c3ccc(C(C)=N)cc3Cl)ccc2C1=O. The van der Waals surface area contributed by atoms with Gasteiger partial charge in [0, 0.05) is 22.9 Å². The second-order valence-corrected chi connectivity index (χ2v) is 7.06. The van der Waals surface area contributed by atoms with Gasteiger partial charge >= 0.3 is 0 Å². The average Bonchev–Trinajstić information content (AvgIpc) is 2.61. The number of Topliss-reactive ketones (excluding diaryl/α,β-unsaturated/α-hetero) is 1. The van der Waals surface area contributed by atoms with Crippen LogP contribution < -0.4 is 5.32 Å². The highest BCUT2D eigenvalue weighted by Gasteiger charge is 2.26. The van der Waals surface area contributed by atoms with Gasteiger partial charge in [-0.05, 0) is 67.6 Å². The van der Waals surface area contributed by atoms with Crippen LogP contribution in [0.3, 0.4) is 0 Å². The molecular formula is C21H21ClN2O2. The predicted octanol–water partition coefficient (Wildman–Crippen LogP) is 5.14. The largest absolute Gasteiger partial charge is 0.322 e. The van der Waals surface area contributed by atoms with Crippen molar-refractivity contribution >= 4 is 34.7 Å². The second kappa shape index (κ2) is 7.42. The van der Waals surface area contributed by atoms with Gasteiger partial charge in [0.2, 0.25) is 0 Å². The third-order valence-electron chi connectivity index (χ3n) is 4.90. The number of fused-ring (bicyclic) bond motifs is 1. The number of benzene rings is 2. The average molecular weight is 369 g/mol. The quantitative estimate of drug-likeness (QED) is 0.734. The fourth-order valence-electron chi connectivity index (χ4n) is 3.32. The molecule has 0 radical (unpaired) electrons. The number of hydrogen-bond acceptors (Lipinski definition) is 3. The van der Waals surface area contributed by atoms with Crippen LogP contribution in [0.25, 0.3) is 0 Å². The smallest absolute Gasteiger partial charge is 0.257 e. The first-order valence-corrected chi connectivity index (χ1v) is 9.12. The normalized spacial score (nSPS) is 16.1. The van der Waals surface area contributed by atoms with Crippen LogP contribution in [0.2, 0.25) is 5.02 Å². The number of amides is 1. The summed E-state index contributed by atoms with van der Waals surface area (Å²) in [4.78, 5) is 24.9. The minimum Gasteiger partial charge on any atom is -0.322 e. The first kappa shape index (κ1) is 18.3. The molecule has 2 aromatic rings. The molecule has 0 aromatic heterocycles. The van der Waals surface area contributed by atoms with E-state index in [1.807, 2.05) is 13.0 Å². The number of nitrogens with one attached hydrogen (secondary N) is 2. The minimum absolute atomic E-state index is 0.109. The number of ketones is 1. The maximum absolute atomic E-state index is 12.5. The number of rotatable bonds is 4. The van der Waals surface area contributed by atoms with E-state index in [2.05, 4.69) is 5.32 Å². The lowest BCUT2D eigenvalue weighted by Gasteiger charge is -2.22. The first-order chi connectivity index (χ1) is 12.4. The van der Waals surface area contributed by atoms with E-state index in [1.54, 1.807) is 37.3 Å². The van der Waals surface area contributed by atoms with E-state index in [1.165, 1.54) is 0 Å². The summed E-state index contributed by atoms with van der Waals surface area (Å²) in [6.07, 6.45) is 2.56. The molecule has 0 aliphatic heterocycles. The molecule has 1 amide bonds. The Kier molecular flexibility index (Phi) is 5.23. The second-order valence-electron chi connectivity index (χ2n) is 6.65. The summed E-state index contributed by atoms with van der Waals surface area (Å²) in [5.41, 5.74) is 3.84. The number of carbonyl (C=O) groups excluding carboxylic acids is 2. The minimum atomic E-state index is -0.308. The van der Waals surface area contributed by atoms with Crippen LogP contribution in [0, 0.1) is 11.3 Å². The monoisotopic (exact) mass is 368 g/mol. The Morgan fingerprint density at radius 3 is 2.69 bits per heavy atom. The van der Waals surface area contributed by atoms with Crippen molar-refractivity contribution in [1.82, 2.24) is 0 Å². The molecule has 0 saturated heterocycles. The van der Waals surface area contributed by atoms with Crippen LogP contribution >= 0.6 is 11.6 Å². The van der Waals surface area contributed by atoms with Gasteiger partial charge in [-0.2, -0.15) is 0 Å². The number of anilines is 1. The molecule has 0 heterocycles. The van der Waals surface area contributed by atoms with Crippen molar-refractivity contribution in [2.75, 3.05) is 5.32 Å². The number of carbonyl (C=O) groups is 2. The fourth-order valence-corrected chi connectivity index (χ4v) is 3.59. The molecule has 0 fully saturated rings. The van der Waals surface area contributed by atoms with Crippen molar-refractivity contribution in [2.45, 2.75) is 33.1 Å². The molecule has 3 rings (SSSR count). The van der Waals surface area contributed by atoms with Crippen molar-refractivity contribution in [2.24, 2.45) is 5.92 Å². The van der Waals surface area contributed by atoms with E-state index in [0.29, 0.717) is 27.5 Å². The molecule has 2 N–H and O–H groups in total. The molecule has 1 aliphatic carbocycles. The molecule has 1 atom stereocenters. The third-order valence-corrected chi connectivity index (χ3v) is 5.21. The summed E-state index contributed by atoms with van der Waals surface area (Å²) in [6.45, 7) is 3.71. The highest BCUT2D eigenvalue weighted by molar-refractivity contribution is 6.34. The summed E-state index contributed by atoms with van der Waals surface area (Å²) >= 11 is 6.20. The van der Waals surface area contributed by atoms with E-state index < -0.39 is 0 Å². The van der Waals surface area contributed by atoms with Gasteiger partial charge in [-0.1, -0.05) is 24.6 Å². The van der Waals surface area contributed by atoms with Crippen molar-refractivity contribution in [3.8, 4) is 0 Å². The number of halogens is 1. The molecule has 2 aromatic carbocycles. The van der Waals surface area contributed by atoms with Gasteiger partial charge in [-0.3, -0.25) is 9.59 Å². The van der Waals surface area contributed by atoms with Crippen molar-refractivity contribution in [3.63, 3.8) is 0 Å². The summed E-state index contributed by atoms with van der Waals surface area (Å²) in [5, 5.41) is 10.8. The lowest BCUT2D eigenvalue weighted by molar-refractivity contribution is 0.0898. The fraction of sp³-hybridized carbons (Fsp3) is 0.286. The molecule has 0 spiro atoms. The first-order valence-electron chi connectivity index (χ1n) is 8.74. The topological polar surface area (TPSA) is 70.0 Å². The Morgan fingerprint density at radius 2 is 2.04 bits per heavy atom. The maximum atomic E-state index is 12.5. The molecule has 5 heteroatoms. The van der Waals surface area contributed by atoms with E-state index in [4.69, 9.17) is 17.0 Å². The van der Waals surface area contributed by atoms with Crippen LogP contribution in [0.4, 0.5) is 5.69 Å². The van der Waals surface area contributed by atoms with Gasteiger partial charge < -0.3 is 10.7 Å². The highest BCUT2D eigenvalue weighted by Crippen LogP contribution is 2.30. The van der Waals surface area contributed by atoms with Crippen molar-refractivity contribution in [1.29, 1.82) is 5.41 Å². The van der Waals surface area contributed by atoms with Gasteiger partial charge in [0.25, 0.3) is 5.91 Å². The van der Waals surface area contributed by atoms with E-state index in [-0.39, 0.29) is 17.6 Å². The summed E-state index contributed by atoms with van der Waals surface area (Å²) < 4.78 is 0. The standard InChI is InChI=1S/C21H21ClN2O2/c1-3-13-4-5-15-10-16(7-9-17(15)20(13)25)24-21(26)18-8-6-14(12(2)23)11-19(18)22/h6-11,13,23H,3-5H2,1-2H3,(H,24,26). The van der Waals surface area contributed by atoms with Crippen LogP contribution in [-0.2, 0) is 6.42 Å². The summed E-state index contributed by atoms with van der Waals surface area (Å²) in [5.74, 6) is 0.00235. The lowest BCUT2D eigenvalue weighted by Crippen LogP contribution is -2.22. The maximum Gasteiger partial charge on any atom is 0.257 e. The predicted molar refractivity (Wildman–Crippen MR) is 105 cm³/mol. The zero-order valence-corrected chi connectivity index (χ0v) is 15.6. The van der Waals surface area contributed by atoms with Gasteiger partial charge in [-0.15, -0.1) is 0 Å². The van der Waals surface area contributed by atoms with Crippen molar-refractivity contribution < 1.29 is 9.59 Å². The molecule has 0 saturated carbocycles. The molecule has 0 bridgehead atoms. The Labute approximate surface area is 158 Å². The molecule has 1 unspecified atom stereocenters. The Hall–Kier alpha value is -2.46. The Morgan fingerprint density at radius 1 is 1.27 bits per heavy atom. The van der Waals surface area contributed by atoms with Crippen LogP contribution in [0.15, 0.2) is 36.4 Å². The third kappa shape index (κ3) is 3.56. The van der Waals surface area contributed by atoms with Crippen LogP contribution in [0.5, 0.6) is 0 Å². The van der Waals surface area contributed by atoms with E-state index in [0.717, 1.165) is 30.4 Å². The van der Waals surface area contributed by atoms with Gasteiger partial charge in [-0.25, -0.2) is 0 Å². The van der Waals surface area contributed by atoms with Gasteiger partial charge in [0.1, 0.15) is 0 Å². The molecule has 1 aliphatic rings. The van der Waals surface area contributed by atoms with Crippen LogP contribution in [0.1, 0.15) is 58.5 Å². The van der Waals surface area contributed by atoms with E-state index in [9.17, 15) is 9.59 Å². The van der Waals surface area contributed by atoms with Gasteiger partial charge in [0.15, 0.2) is 5.78 Å². The molecule has 26 heavy (non-hydrogen) atoms. The zero-order chi connectivity index (χ0) is 18.8. The van der Waals surface area contributed by atoms with Gasteiger partial charge in [0.05, 0.1) is 10.6 Å². The molecular weight excluding hydrogens is 348 g/mol. The zero-order valence-electron chi connectivity index (χ0n) is 14.9. The Bertz CT molecular complexity index is 905. The summed E-state index contributed by atoms with van der Waals surface area (Å²) in [7, 11) is 0. The Balaban J connectivity index is 1.81. The number of aryl methyl sites for hydroxylation is 1. The molecule has 134 valence electrons.